The lowest BCUT2D eigenvalue weighted by atomic mass is 10.5. The summed E-state index contributed by atoms with van der Waals surface area (Å²) < 4.78 is -0.231. The second kappa shape index (κ2) is 5.13. The molecule has 0 radical (unpaired) electrons. The zero-order valence-corrected chi connectivity index (χ0v) is 8.62. The van der Waals surface area contributed by atoms with Crippen molar-refractivity contribution < 1.29 is 0 Å². The van der Waals surface area contributed by atoms with Crippen molar-refractivity contribution in [3.05, 3.63) is 19.6 Å². The van der Waals surface area contributed by atoms with E-state index in [4.69, 9.17) is 63.3 Å². The molecule has 0 aromatic heterocycles. The fraction of sp³-hybridized carbons (Fsp3) is 0. The van der Waals surface area contributed by atoms with Gasteiger partial charge in [-0.25, -0.2) is 0 Å². The van der Waals surface area contributed by atoms with E-state index in [1.165, 1.54) is 0 Å². The van der Waals surface area contributed by atoms with Crippen molar-refractivity contribution in [1.82, 2.24) is 0 Å². The van der Waals surface area contributed by atoms with Crippen LogP contribution in [0.3, 0.4) is 0 Å². The van der Waals surface area contributed by atoms with Crippen LogP contribution < -0.4 is 0 Å². The molecule has 0 saturated carbocycles. The van der Waals surface area contributed by atoms with Crippen molar-refractivity contribution in [2.45, 2.75) is 0 Å². The van der Waals surface area contributed by atoms with Crippen LogP contribution in [0.1, 0.15) is 0 Å². The molecule has 0 heterocycles. The Morgan fingerprint density at radius 3 is 1.64 bits per heavy atom. The van der Waals surface area contributed by atoms with Crippen LogP contribution in [-0.4, -0.2) is 0 Å². The Morgan fingerprint density at radius 2 is 1.36 bits per heavy atom. The van der Waals surface area contributed by atoms with Gasteiger partial charge < -0.3 is 0 Å². The summed E-state index contributed by atoms with van der Waals surface area (Å²) in [5.74, 6) is 0. The van der Waals surface area contributed by atoms with Crippen molar-refractivity contribution >= 4 is 58.0 Å². The SMILES string of the molecule is N#C/C(Cl)=C(/Cl)C(Cl)=C(Cl)Cl. The molecule has 0 fully saturated rings. The zero-order chi connectivity index (χ0) is 9.02. The average Bonchev–Trinajstić information content (AvgIpc) is 2.00. The van der Waals surface area contributed by atoms with Crippen molar-refractivity contribution in [1.29, 1.82) is 5.26 Å². The molecule has 0 atom stereocenters. The largest absolute Gasteiger partial charge is 0.191 e. The topological polar surface area (TPSA) is 23.8 Å². The Hall–Kier alpha value is 0.420. The van der Waals surface area contributed by atoms with Gasteiger partial charge >= 0.3 is 0 Å². The third-order valence-electron chi connectivity index (χ3n) is 0.649. The second-order valence-electron chi connectivity index (χ2n) is 1.31. The highest BCUT2D eigenvalue weighted by Gasteiger charge is 2.08. The van der Waals surface area contributed by atoms with Crippen molar-refractivity contribution in [2.75, 3.05) is 0 Å². The monoisotopic (exact) mass is 249 g/mol. The highest BCUT2D eigenvalue weighted by Crippen LogP contribution is 2.30. The molecule has 0 saturated heterocycles. The highest BCUT2D eigenvalue weighted by atomic mass is 35.5. The van der Waals surface area contributed by atoms with Crippen LogP contribution in [0, 0.1) is 11.3 Å². The van der Waals surface area contributed by atoms with Crippen LogP contribution in [0.15, 0.2) is 19.6 Å². The second-order valence-corrected chi connectivity index (χ2v) is 3.40. The molecule has 0 aliphatic carbocycles. The van der Waals surface area contributed by atoms with Gasteiger partial charge in [-0.15, -0.1) is 0 Å². The first-order valence-corrected chi connectivity index (χ1v) is 4.06. The summed E-state index contributed by atoms with van der Waals surface area (Å²) in [5.41, 5.74) is 0. The van der Waals surface area contributed by atoms with Crippen molar-refractivity contribution in [2.24, 2.45) is 0 Å². The molecule has 60 valence electrons. The summed E-state index contributed by atoms with van der Waals surface area (Å²) in [6.07, 6.45) is 0. The van der Waals surface area contributed by atoms with Gasteiger partial charge in [-0.05, 0) is 0 Å². The van der Waals surface area contributed by atoms with Gasteiger partial charge in [0.2, 0.25) is 0 Å². The van der Waals surface area contributed by atoms with E-state index in [1.54, 1.807) is 6.07 Å². The predicted octanol–water partition coefficient (Wildman–Crippen LogP) is 4.08. The molecule has 0 N–H and O–H groups in total. The van der Waals surface area contributed by atoms with Gasteiger partial charge in [0.1, 0.15) is 15.6 Å². The van der Waals surface area contributed by atoms with E-state index in [0.29, 0.717) is 0 Å². The molecule has 0 aliphatic rings. The predicted molar refractivity (Wildman–Crippen MR) is 48.9 cm³/mol. The minimum absolute atomic E-state index is 0.137. The summed E-state index contributed by atoms with van der Waals surface area (Å²) in [4.78, 5) is 0. The smallest absolute Gasteiger partial charge is 0.138 e. The van der Waals surface area contributed by atoms with Crippen molar-refractivity contribution in [3.63, 3.8) is 0 Å². The van der Waals surface area contributed by atoms with Crippen LogP contribution in [-0.2, 0) is 0 Å². The summed E-state index contributed by atoms with van der Waals surface area (Å²) in [5, 5.41) is 7.70. The minimum atomic E-state index is -0.254. The molecule has 1 nitrogen and oxygen atoms in total. The normalized spacial score (nSPS) is 11.6. The van der Waals surface area contributed by atoms with Gasteiger partial charge in [-0.1, -0.05) is 58.0 Å². The Labute approximate surface area is 88.7 Å². The maximum absolute atomic E-state index is 8.24. The van der Waals surface area contributed by atoms with E-state index in [1.807, 2.05) is 0 Å². The van der Waals surface area contributed by atoms with Gasteiger partial charge in [-0.2, -0.15) is 5.26 Å². The summed E-state index contributed by atoms with van der Waals surface area (Å²) in [6.45, 7) is 0. The average molecular weight is 251 g/mol. The Kier molecular flexibility index (Phi) is 5.33. The first-order chi connectivity index (χ1) is 5.00. The number of hydrogen-bond donors (Lipinski definition) is 0. The molecule has 0 unspecified atom stereocenters. The third-order valence-corrected chi connectivity index (χ3v) is 2.44. The number of halogens is 5. The third kappa shape index (κ3) is 3.55. The fourth-order valence-electron chi connectivity index (χ4n) is 0.228. The van der Waals surface area contributed by atoms with E-state index in [0.717, 1.165) is 0 Å². The minimum Gasteiger partial charge on any atom is -0.191 e. The van der Waals surface area contributed by atoms with Crippen LogP contribution in [0.5, 0.6) is 0 Å². The molecular weight excluding hydrogens is 251 g/mol. The molecule has 11 heavy (non-hydrogen) atoms. The lowest BCUT2D eigenvalue weighted by molar-refractivity contribution is 1.52. The summed E-state index contributed by atoms with van der Waals surface area (Å²) in [7, 11) is 0. The number of hydrogen-bond acceptors (Lipinski definition) is 1. The molecular formula is C5Cl5N. The Bertz CT molecular complexity index is 255. The molecule has 0 aromatic carbocycles. The molecule has 0 aromatic rings. The van der Waals surface area contributed by atoms with E-state index in [9.17, 15) is 0 Å². The molecule has 0 bridgehead atoms. The molecule has 0 amide bonds. The Balaban J connectivity index is 4.95. The van der Waals surface area contributed by atoms with Crippen LogP contribution in [0.4, 0.5) is 0 Å². The summed E-state index contributed by atoms with van der Waals surface area (Å²) >= 11 is 26.7. The van der Waals surface area contributed by atoms with Crippen LogP contribution in [0.2, 0.25) is 0 Å². The van der Waals surface area contributed by atoms with Crippen molar-refractivity contribution in [3.8, 4) is 6.07 Å². The fourth-order valence-corrected chi connectivity index (χ4v) is 0.888. The van der Waals surface area contributed by atoms with Gasteiger partial charge in [0, 0.05) is 0 Å². The van der Waals surface area contributed by atoms with E-state index >= 15 is 0 Å². The highest BCUT2D eigenvalue weighted by molar-refractivity contribution is 6.62. The van der Waals surface area contributed by atoms with Gasteiger partial charge in [0.05, 0.1) is 10.1 Å². The first kappa shape index (κ1) is 11.4. The standard InChI is InChI=1S/C5Cl5N/c6-2(1-11)3(7)4(8)5(9)10/b3-2-. The Morgan fingerprint density at radius 1 is 0.909 bits per heavy atom. The van der Waals surface area contributed by atoms with Crippen LogP contribution >= 0.6 is 58.0 Å². The molecule has 6 heteroatoms. The molecule has 0 rings (SSSR count). The number of nitrogens with zero attached hydrogens (tertiary/aromatic N) is 1. The van der Waals surface area contributed by atoms with E-state index < -0.39 is 0 Å². The van der Waals surface area contributed by atoms with Gasteiger partial charge in [-0.3, -0.25) is 0 Å². The van der Waals surface area contributed by atoms with E-state index in [-0.39, 0.29) is 19.6 Å². The number of nitriles is 1. The van der Waals surface area contributed by atoms with E-state index in [2.05, 4.69) is 0 Å². The number of allylic oxidation sites excluding steroid dienone is 3. The van der Waals surface area contributed by atoms with Crippen LogP contribution in [0.25, 0.3) is 0 Å². The van der Waals surface area contributed by atoms with Gasteiger partial charge in [0.25, 0.3) is 0 Å². The number of rotatable bonds is 1. The quantitative estimate of drug-likeness (QED) is 0.509. The lowest BCUT2D eigenvalue weighted by Gasteiger charge is -1.94. The first-order valence-electron chi connectivity index (χ1n) is 2.17. The molecule has 0 spiro atoms. The lowest BCUT2D eigenvalue weighted by Crippen LogP contribution is -1.76. The summed E-state index contributed by atoms with van der Waals surface area (Å²) in [6, 6.07) is 1.58. The maximum atomic E-state index is 8.24. The van der Waals surface area contributed by atoms with Gasteiger partial charge in [0.15, 0.2) is 0 Å². The molecule has 0 aliphatic heterocycles. The maximum Gasteiger partial charge on any atom is 0.138 e. The zero-order valence-electron chi connectivity index (χ0n) is 4.84.